The Balaban J connectivity index is 2.37. The van der Waals surface area contributed by atoms with Gasteiger partial charge in [0.2, 0.25) is 0 Å². The molecule has 0 saturated carbocycles. The molecule has 2 N–H and O–H groups in total. The van der Waals surface area contributed by atoms with Crippen molar-refractivity contribution in [3.05, 3.63) is 29.3 Å². The van der Waals surface area contributed by atoms with E-state index in [1.54, 1.807) is 24.1 Å². The smallest absolute Gasteiger partial charge is 0.376 e. The Hall–Kier alpha value is -1.27. The summed E-state index contributed by atoms with van der Waals surface area (Å²) in [7, 11) is 1.70. The lowest BCUT2D eigenvalue weighted by atomic mass is 10.0. The summed E-state index contributed by atoms with van der Waals surface area (Å²) in [5.41, 5.74) is 5.63. The average molecular weight is 302 g/mol. The summed E-state index contributed by atoms with van der Waals surface area (Å²) in [5.74, 6) is 0. The summed E-state index contributed by atoms with van der Waals surface area (Å²) in [6, 6.07) is 4.43. The molecule has 0 aliphatic carbocycles. The molecule has 1 heterocycles. The van der Waals surface area contributed by atoms with E-state index in [0.29, 0.717) is 25.1 Å². The van der Waals surface area contributed by atoms with Gasteiger partial charge in [0.25, 0.3) is 0 Å². The third-order valence-corrected chi connectivity index (χ3v) is 4.01. The summed E-state index contributed by atoms with van der Waals surface area (Å²) < 4.78 is 45.4. The fraction of sp³-hybridized carbons (Fsp3) is 0.600. The molecule has 2 rings (SSSR count). The third kappa shape index (κ3) is 3.49. The van der Waals surface area contributed by atoms with E-state index in [2.05, 4.69) is 0 Å². The van der Waals surface area contributed by atoms with Crippen molar-refractivity contribution in [1.29, 1.82) is 0 Å². The minimum absolute atomic E-state index is 0.0357. The van der Waals surface area contributed by atoms with E-state index in [-0.39, 0.29) is 17.8 Å². The van der Waals surface area contributed by atoms with Crippen LogP contribution in [0.2, 0.25) is 0 Å². The van der Waals surface area contributed by atoms with Crippen LogP contribution in [0.3, 0.4) is 0 Å². The number of benzene rings is 1. The van der Waals surface area contributed by atoms with Crippen molar-refractivity contribution in [2.75, 3.05) is 25.1 Å². The number of rotatable bonds is 4. The molecule has 1 saturated heterocycles. The number of halogens is 3. The van der Waals surface area contributed by atoms with Gasteiger partial charge in [0.15, 0.2) is 0 Å². The van der Waals surface area contributed by atoms with Gasteiger partial charge in [0.1, 0.15) is 0 Å². The largest absolute Gasteiger partial charge is 0.418 e. The SMILES string of the molecule is CC1OCCC1N(C)c1ccc(CCN)cc1C(F)(F)F. The Morgan fingerprint density at radius 1 is 1.38 bits per heavy atom. The molecule has 0 spiro atoms. The molecule has 0 bridgehead atoms. The fourth-order valence-electron chi connectivity index (χ4n) is 2.85. The van der Waals surface area contributed by atoms with Crippen LogP contribution in [-0.2, 0) is 17.3 Å². The zero-order chi connectivity index (χ0) is 15.6. The van der Waals surface area contributed by atoms with Gasteiger partial charge in [-0.1, -0.05) is 6.07 Å². The first-order chi connectivity index (χ1) is 9.84. The van der Waals surface area contributed by atoms with E-state index >= 15 is 0 Å². The Morgan fingerprint density at radius 2 is 2.10 bits per heavy atom. The molecule has 2 unspecified atom stereocenters. The van der Waals surface area contributed by atoms with Gasteiger partial charge in [0, 0.05) is 19.3 Å². The Kier molecular flexibility index (Phi) is 4.78. The third-order valence-electron chi connectivity index (χ3n) is 4.01. The number of nitrogens with two attached hydrogens (primary N) is 1. The monoisotopic (exact) mass is 302 g/mol. The number of anilines is 1. The number of hydrogen-bond acceptors (Lipinski definition) is 3. The van der Waals surface area contributed by atoms with Crippen LogP contribution in [-0.4, -0.2) is 32.3 Å². The molecule has 6 heteroatoms. The standard InChI is InChI=1S/C15H21F3N2O/c1-10-13(6-8-21-10)20(2)14-4-3-11(5-7-19)9-12(14)15(16,17)18/h3-4,9-10,13H,5-8,19H2,1-2H3. The molecule has 3 nitrogen and oxygen atoms in total. The van der Waals surface area contributed by atoms with Crippen molar-refractivity contribution in [2.24, 2.45) is 5.73 Å². The second-order valence-corrected chi connectivity index (χ2v) is 5.43. The molecule has 0 radical (unpaired) electrons. The highest BCUT2D eigenvalue weighted by atomic mass is 19.4. The molecule has 118 valence electrons. The minimum atomic E-state index is -4.38. The van der Waals surface area contributed by atoms with E-state index in [4.69, 9.17) is 10.5 Å². The summed E-state index contributed by atoms with van der Waals surface area (Å²) >= 11 is 0. The van der Waals surface area contributed by atoms with Crippen molar-refractivity contribution in [3.8, 4) is 0 Å². The van der Waals surface area contributed by atoms with Gasteiger partial charge >= 0.3 is 6.18 Å². The van der Waals surface area contributed by atoms with Crippen molar-refractivity contribution in [2.45, 2.75) is 38.1 Å². The maximum Gasteiger partial charge on any atom is 0.418 e. The van der Waals surface area contributed by atoms with Crippen LogP contribution in [0.15, 0.2) is 18.2 Å². The first-order valence-corrected chi connectivity index (χ1v) is 7.09. The van der Waals surface area contributed by atoms with Crippen LogP contribution in [0.4, 0.5) is 18.9 Å². The highest BCUT2D eigenvalue weighted by Gasteiger charge is 2.37. The molecule has 0 amide bonds. The lowest BCUT2D eigenvalue weighted by Gasteiger charge is -2.31. The first-order valence-electron chi connectivity index (χ1n) is 7.09. The zero-order valence-corrected chi connectivity index (χ0v) is 12.3. The Labute approximate surface area is 122 Å². The minimum Gasteiger partial charge on any atom is -0.376 e. The summed E-state index contributed by atoms with van der Waals surface area (Å²) in [6.07, 6.45) is -3.27. The number of alkyl halides is 3. The molecule has 1 aromatic rings. The van der Waals surface area contributed by atoms with Gasteiger partial charge in [-0.2, -0.15) is 13.2 Å². The maximum atomic E-state index is 13.3. The molecular formula is C15H21F3N2O. The normalized spacial score (nSPS) is 22.6. The molecule has 1 aliphatic rings. The summed E-state index contributed by atoms with van der Waals surface area (Å²) in [4.78, 5) is 1.69. The maximum absolute atomic E-state index is 13.3. The highest BCUT2D eigenvalue weighted by Crippen LogP contribution is 2.38. The molecule has 0 aromatic heterocycles. The molecule has 2 atom stereocenters. The van der Waals surface area contributed by atoms with Gasteiger partial charge < -0.3 is 15.4 Å². The van der Waals surface area contributed by atoms with Crippen LogP contribution in [0, 0.1) is 0 Å². The second kappa shape index (κ2) is 6.23. The topological polar surface area (TPSA) is 38.5 Å². The number of ether oxygens (including phenoxy) is 1. The highest BCUT2D eigenvalue weighted by molar-refractivity contribution is 5.57. The number of likely N-dealkylation sites (N-methyl/N-ethyl adjacent to an activating group) is 1. The van der Waals surface area contributed by atoms with Gasteiger partial charge in [0.05, 0.1) is 17.7 Å². The van der Waals surface area contributed by atoms with Crippen LogP contribution >= 0.6 is 0 Å². The summed E-state index contributed by atoms with van der Waals surface area (Å²) in [5, 5.41) is 0. The lowest BCUT2D eigenvalue weighted by molar-refractivity contribution is -0.137. The van der Waals surface area contributed by atoms with Crippen LogP contribution < -0.4 is 10.6 Å². The quantitative estimate of drug-likeness (QED) is 0.929. The van der Waals surface area contributed by atoms with Gasteiger partial charge in [-0.25, -0.2) is 0 Å². The Bertz CT molecular complexity index is 490. The fourth-order valence-corrected chi connectivity index (χ4v) is 2.85. The van der Waals surface area contributed by atoms with E-state index in [1.807, 2.05) is 6.92 Å². The van der Waals surface area contributed by atoms with E-state index in [0.717, 1.165) is 6.42 Å². The second-order valence-electron chi connectivity index (χ2n) is 5.43. The van der Waals surface area contributed by atoms with Crippen LogP contribution in [0.25, 0.3) is 0 Å². The van der Waals surface area contributed by atoms with Crippen molar-refractivity contribution >= 4 is 5.69 Å². The average Bonchev–Trinajstić information content (AvgIpc) is 2.83. The van der Waals surface area contributed by atoms with Crippen LogP contribution in [0.1, 0.15) is 24.5 Å². The van der Waals surface area contributed by atoms with E-state index in [9.17, 15) is 13.2 Å². The lowest BCUT2D eigenvalue weighted by Crippen LogP contribution is -2.37. The molecule has 1 aromatic carbocycles. The van der Waals surface area contributed by atoms with E-state index in [1.165, 1.54) is 6.07 Å². The molecule has 21 heavy (non-hydrogen) atoms. The van der Waals surface area contributed by atoms with Gasteiger partial charge in [-0.15, -0.1) is 0 Å². The first kappa shape index (κ1) is 16.1. The zero-order valence-electron chi connectivity index (χ0n) is 12.3. The predicted molar refractivity (Wildman–Crippen MR) is 76.4 cm³/mol. The van der Waals surface area contributed by atoms with E-state index < -0.39 is 11.7 Å². The number of nitrogens with zero attached hydrogens (tertiary/aromatic N) is 1. The number of hydrogen-bond donors (Lipinski definition) is 1. The predicted octanol–water partition coefficient (Wildman–Crippen LogP) is 2.82. The van der Waals surface area contributed by atoms with Crippen LogP contribution in [0.5, 0.6) is 0 Å². The molecule has 1 fully saturated rings. The van der Waals surface area contributed by atoms with Crippen molar-refractivity contribution in [3.63, 3.8) is 0 Å². The summed E-state index contributed by atoms with van der Waals surface area (Å²) in [6.45, 7) is 2.81. The Morgan fingerprint density at radius 3 is 2.62 bits per heavy atom. The van der Waals surface area contributed by atoms with Gasteiger partial charge in [-0.05, 0) is 44.0 Å². The molecular weight excluding hydrogens is 281 g/mol. The van der Waals surface area contributed by atoms with Gasteiger partial charge in [-0.3, -0.25) is 0 Å². The van der Waals surface area contributed by atoms with Crippen molar-refractivity contribution < 1.29 is 17.9 Å². The van der Waals surface area contributed by atoms with Crippen molar-refractivity contribution in [1.82, 2.24) is 0 Å². The molecule has 1 aliphatic heterocycles.